The van der Waals surface area contributed by atoms with Crippen molar-refractivity contribution < 1.29 is 9.13 Å². The van der Waals surface area contributed by atoms with Crippen LogP contribution in [0, 0.1) is 5.82 Å². The van der Waals surface area contributed by atoms with Crippen LogP contribution in [-0.2, 0) is 13.0 Å². The van der Waals surface area contributed by atoms with E-state index in [9.17, 15) is 4.39 Å². The summed E-state index contributed by atoms with van der Waals surface area (Å²) < 4.78 is 20.1. The second kappa shape index (κ2) is 7.07. The van der Waals surface area contributed by atoms with Gasteiger partial charge in [-0.15, -0.1) is 0 Å². The molecule has 0 radical (unpaired) electrons. The smallest absolute Gasteiger partial charge is 0.130 e. The predicted molar refractivity (Wildman–Crippen MR) is 82.6 cm³/mol. The molecule has 106 valence electrons. The molecule has 0 spiro atoms. The summed E-state index contributed by atoms with van der Waals surface area (Å²) >= 11 is 9.35. The Morgan fingerprint density at radius 3 is 2.75 bits per heavy atom. The van der Waals surface area contributed by atoms with E-state index in [4.69, 9.17) is 22.1 Å². The van der Waals surface area contributed by atoms with E-state index in [-0.39, 0.29) is 12.4 Å². The van der Waals surface area contributed by atoms with Crippen molar-refractivity contribution in [2.24, 2.45) is 5.73 Å². The van der Waals surface area contributed by atoms with Gasteiger partial charge in [-0.2, -0.15) is 0 Å². The fourth-order valence-electron chi connectivity index (χ4n) is 1.86. The maximum atomic E-state index is 13.7. The lowest BCUT2D eigenvalue weighted by Crippen LogP contribution is -2.06. The van der Waals surface area contributed by atoms with Gasteiger partial charge in [0.05, 0.1) is 0 Å². The zero-order valence-electron chi connectivity index (χ0n) is 10.7. The molecule has 0 bridgehead atoms. The highest BCUT2D eigenvalue weighted by atomic mass is 79.9. The number of nitrogens with two attached hydrogens (primary N) is 1. The molecular weight excluding hydrogens is 345 g/mol. The second-order valence-electron chi connectivity index (χ2n) is 4.28. The van der Waals surface area contributed by atoms with Crippen LogP contribution < -0.4 is 10.5 Å². The van der Waals surface area contributed by atoms with Crippen LogP contribution in [0.1, 0.15) is 11.1 Å². The van der Waals surface area contributed by atoms with Crippen molar-refractivity contribution in [3.63, 3.8) is 0 Å². The fourth-order valence-corrected chi connectivity index (χ4v) is 2.45. The molecule has 0 aliphatic rings. The van der Waals surface area contributed by atoms with Gasteiger partial charge in [0.1, 0.15) is 18.2 Å². The number of benzene rings is 2. The molecule has 2 N–H and O–H groups in total. The minimum atomic E-state index is -0.304. The Kier molecular flexibility index (Phi) is 5.40. The van der Waals surface area contributed by atoms with Crippen LogP contribution in [0.2, 0.25) is 5.02 Å². The molecule has 5 heteroatoms. The highest BCUT2D eigenvalue weighted by molar-refractivity contribution is 9.10. The average molecular weight is 359 g/mol. The summed E-state index contributed by atoms with van der Waals surface area (Å²) in [4.78, 5) is 0. The zero-order valence-corrected chi connectivity index (χ0v) is 13.0. The molecule has 0 amide bonds. The molecule has 2 nitrogen and oxygen atoms in total. The van der Waals surface area contributed by atoms with Crippen LogP contribution in [0.5, 0.6) is 5.75 Å². The summed E-state index contributed by atoms with van der Waals surface area (Å²) in [6.45, 7) is 0.629. The molecule has 0 saturated heterocycles. The molecule has 0 aliphatic heterocycles. The standard InChI is InChI=1S/C15H14BrClFNO/c16-11-5-4-10(14(18)8-11)9-20-15-3-1-2-13(17)12(15)6-7-19/h1-5,8H,6-7,9,19H2. The summed E-state index contributed by atoms with van der Waals surface area (Å²) in [7, 11) is 0. The van der Waals surface area contributed by atoms with Gasteiger partial charge in [-0.05, 0) is 37.2 Å². The van der Waals surface area contributed by atoms with Gasteiger partial charge in [0, 0.05) is 20.6 Å². The topological polar surface area (TPSA) is 35.2 Å². The molecule has 0 heterocycles. The minimum absolute atomic E-state index is 0.150. The molecule has 0 saturated carbocycles. The molecule has 0 unspecified atom stereocenters. The summed E-state index contributed by atoms with van der Waals surface area (Å²) in [5.41, 5.74) is 6.92. The van der Waals surface area contributed by atoms with Crippen molar-refractivity contribution in [2.45, 2.75) is 13.0 Å². The van der Waals surface area contributed by atoms with Gasteiger partial charge in [0.25, 0.3) is 0 Å². The highest BCUT2D eigenvalue weighted by Crippen LogP contribution is 2.27. The lowest BCUT2D eigenvalue weighted by atomic mass is 10.1. The maximum Gasteiger partial charge on any atom is 0.130 e. The van der Waals surface area contributed by atoms with Crippen LogP contribution in [0.15, 0.2) is 40.9 Å². The third-order valence-electron chi connectivity index (χ3n) is 2.87. The SMILES string of the molecule is NCCc1c(Cl)cccc1OCc1ccc(Br)cc1F. The van der Waals surface area contributed by atoms with Gasteiger partial charge in [0.2, 0.25) is 0 Å². The van der Waals surface area contributed by atoms with Crippen molar-refractivity contribution in [3.05, 3.63) is 62.8 Å². The lowest BCUT2D eigenvalue weighted by Gasteiger charge is -2.13. The number of rotatable bonds is 5. The van der Waals surface area contributed by atoms with Gasteiger partial charge in [-0.25, -0.2) is 4.39 Å². The van der Waals surface area contributed by atoms with E-state index in [2.05, 4.69) is 15.9 Å². The third kappa shape index (κ3) is 3.72. The van der Waals surface area contributed by atoms with E-state index in [0.717, 1.165) is 5.56 Å². The van der Waals surface area contributed by atoms with Crippen LogP contribution in [0.4, 0.5) is 4.39 Å². The van der Waals surface area contributed by atoms with E-state index in [0.29, 0.717) is 33.8 Å². The molecule has 20 heavy (non-hydrogen) atoms. The van der Waals surface area contributed by atoms with E-state index in [1.807, 2.05) is 6.07 Å². The quantitative estimate of drug-likeness (QED) is 0.864. The molecule has 2 aromatic rings. The molecule has 0 fully saturated rings. The first-order valence-corrected chi connectivity index (χ1v) is 7.33. The number of halogens is 3. The normalized spacial score (nSPS) is 10.6. The summed E-state index contributed by atoms with van der Waals surface area (Å²) in [6.07, 6.45) is 0.623. The highest BCUT2D eigenvalue weighted by Gasteiger charge is 2.09. The first-order valence-electron chi connectivity index (χ1n) is 6.16. The Labute approximate surface area is 130 Å². The Hall–Kier alpha value is -1.10. The zero-order chi connectivity index (χ0) is 14.5. The lowest BCUT2D eigenvalue weighted by molar-refractivity contribution is 0.297. The summed E-state index contributed by atoms with van der Waals surface area (Å²) in [5, 5.41) is 0.615. The first kappa shape index (κ1) is 15.3. The first-order chi connectivity index (χ1) is 9.61. The Morgan fingerprint density at radius 2 is 2.05 bits per heavy atom. The van der Waals surface area contributed by atoms with Crippen molar-refractivity contribution in [3.8, 4) is 5.75 Å². The van der Waals surface area contributed by atoms with Crippen molar-refractivity contribution in [1.29, 1.82) is 0 Å². The Morgan fingerprint density at radius 1 is 1.25 bits per heavy atom. The van der Waals surface area contributed by atoms with E-state index in [1.165, 1.54) is 6.07 Å². The van der Waals surface area contributed by atoms with Crippen LogP contribution in [0.3, 0.4) is 0 Å². The van der Waals surface area contributed by atoms with Crippen molar-refractivity contribution >= 4 is 27.5 Å². The second-order valence-corrected chi connectivity index (χ2v) is 5.60. The average Bonchev–Trinajstić information content (AvgIpc) is 2.41. The third-order valence-corrected chi connectivity index (χ3v) is 3.72. The fraction of sp³-hybridized carbons (Fsp3) is 0.200. The number of hydrogen-bond donors (Lipinski definition) is 1. The molecule has 0 atom stereocenters. The monoisotopic (exact) mass is 357 g/mol. The molecule has 0 aromatic heterocycles. The molecular formula is C15H14BrClFNO. The van der Waals surface area contributed by atoms with Gasteiger partial charge < -0.3 is 10.5 Å². The Balaban J connectivity index is 2.16. The van der Waals surface area contributed by atoms with Gasteiger partial charge in [-0.3, -0.25) is 0 Å². The van der Waals surface area contributed by atoms with Crippen molar-refractivity contribution in [1.82, 2.24) is 0 Å². The van der Waals surface area contributed by atoms with E-state index in [1.54, 1.807) is 24.3 Å². The minimum Gasteiger partial charge on any atom is -0.488 e. The number of ether oxygens (including phenoxy) is 1. The van der Waals surface area contributed by atoms with Crippen LogP contribution in [-0.4, -0.2) is 6.54 Å². The maximum absolute atomic E-state index is 13.7. The summed E-state index contributed by atoms with van der Waals surface area (Å²) in [6, 6.07) is 10.3. The Bertz CT molecular complexity index is 606. The predicted octanol–water partition coefficient (Wildman–Crippen LogP) is 4.32. The van der Waals surface area contributed by atoms with Crippen molar-refractivity contribution in [2.75, 3.05) is 6.54 Å². The largest absolute Gasteiger partial charge is 0.488 e. The molecule has 2 aromatic carbocycles. The molecule has 0 aliphatic carbocycles. The van der Waals surface area contributed by atoms with Gasteiger partial charge in [0.15, 0.2) is 0 Å². The van der Waals surface area contributed by atoms with Gasteiger partial charge >= 0.3 is 0 Å². The number of hydrogen-bond acceptors (Lipinski definition) is 2. The van der Waals surface area contributed by atoms with E-state index >= 15 is 0 Å². The van der Waals surface area contributed by atoms with Crippen LogP contribution in [0.25, 0.3) is 0 Å². The van der Waals surface area contributed by atoms with E-state index < -0.39 is 0 Å². The molecule has 2 rings (SSSR count). The summed E-state index contributed by atoms with van der Waals surface area (Å²) in [5.74, 6) is 0.340. The van der Waals surface area contributed by atoms with Gasteiger partial charge in [-0.1, -0.05) is 39.7 Å². The van der Waals surface area contributed by atoms with Crippen LogP contribution >= 0.6 is 27.5 Å².